The van der Waals surface area contributed by atoms with Crippen LogP contribution >= 0.6 is 0 Å². The molecule has 7 heteroatoms. The summed E-state index contributed by atoms with van der Waals surface area (Å²) in [6, 6.07) is 0. The first-order chi connectivity index (χ1) is 6.33. The van der Waals surface area contributed by atoms with Gasteiger partial charge in [0.1, 0.15) is 12.0 Å². The zero-order chi connectivity index (χ0) is 9.26. The smallest absolute Gasteiger partial charge is 0.367 e. The lowest BCUT2D eigenvalue weighted by Crippen LogP contribution is -2.11. The SMILES string of the molecule is N#CBn1cnc(N)c2ncnc1-2. The number of fused-ring (bicyclic) bond motifs is 1. The fourth-order valence-electron chi connectivity index (χ4n) is 1.09. The predicted molar refractivity (Wildman–Crippen MR) is 47.0 cm³/mol. The number of hydrogen-bond acceptors (Lipinski definition) is 5. The van der Waals surface area contributed by atoms with Gasteiger partial charge in [0.05, 0.1) is 6.33 Å². The minimum Gasteiger partial charge on any atom is -0.382 e. The zero-order valence-corrected chi connectivity index (χ0v) is 6.68. The highest BCUT2D eigenvalue weighted by molar-refractivity contribution is 6.43. The average Bonchev–Trinajstić information content (AvgIpc) is 2.59. The fraction of sp³-hybridized carbons (Fsp3) is 0. The largest absolute Gasteiger partial charge is 0.382 e. The van der Waals surface area contributed by atoms with Crippen LogP contribution in [0, 0.1) is 11.2 Å². The Labute approximate surface area is 74.7 Å². The summed E-state index contributed by atoms with van der Waals surface area (Å²) in [5, 5.41) is 8.51. The van der Waals surface area contributed by atoms with Gasteiger partial charge in [0.15, 0.2) is 11.6 Å². The van der Waals surface area contributed by atoms with Crippen molar-refractivity contribution in [3.63, 3.8) is 0 Å². The van der Waals surface area contributed by atoms with Gasteiger partial charge in [-0.25, -0.2) is 20.2 Å². The molecule has 0 saturated carbocycles. The lowest BCUT2D eigenvalue weighted by atomic mass is 9.98. The van der Waals surface area contributed by atoms with Crippen molar-refractivity contribution in [2.24, 2.45) is 0 Å². The molecule has 0 saturated heterocycles. The van der Waals surface area contributed by atoms with Gasteiger partial charge in [0.2, 0.25) is 0 Å². The Morgan fingerprint density at radius 3 is 3.08 bits per heavy atom. The Morgan fingerprint density at radius 1 is 1.46 bits per heavy atom. The number of nitrogens with two attached hydrogens (primary N) is 1. The number of nitriles is 1. The van der Waals surface area contributed by atoms with Crippen LogP contribution in [0.4, 0.5) is 5.82 Å². The highest BCUT2D eigenvalue weighted by Gasteiger charge is 2.14. The van der Waals surface area contributed by atoms with Gasteiger partial charge in [-0.3, -0.25) is 0 Å². The molecule has 2 rings (SSSR count). The second-order valence-corrected chi connectivity index (χ2v) is 2.46. The zero-order valence-electron chi connectivity index (χ0n) is 6.68. The van der Waals surface area contributed by atoms with Crippen LogP contribution in [0.2, 0.25) is 0 Å². The molecule has 0 unspecified atom stereocenters. The third kappa shape index (κ3) is 1.08. The first-order valence-electron chi connectivity index (χ1n) is 3.61. The molecule has 0 atom stereocenters. The standard InChI is InChI=1S/C6H5BN6/c8-1-7-13-3-12-5(9)4-6(13)11-2-10-4/h2-3,7H,9H2. The third-order valence-electron chi connectivity index (χ3n) is 1.67. The maximum absolute atomic E-state index is 8.51. The number of imidazole rings is 1. The molecule has 0 fully saturated rings. The molecule has 0 amide bonds. The van der Waals surface area contributed by atoms with E-state index in [0.717, 1.165) is 0 Å². The molecule has 2 heterocycles. The van der Waals surface area contributed by atoms with Crippen molar-refractivity contribution in [2.45, 2.75) is 0 Å². The Balaban J connectivity index is 2.62. The van der Waals surface area contributed by atoms with Gasteiger partial charge in [-0.05, 0) is 0 Å². The molecule has 0 aliphatic carbocycles. The maximum atomic E-state index is 8.51. The van der Waals surface area contributed by atoms with E-state index in [1.165, 1.54) is 12.7 Å². The highest BCUT2D eigenvalue weighted by atomic mass is 15.1. The molecule has 6 nitrogen and oxygen atoms in total. The van der Waals surface area contributed by atoms with Crippen LogP contribution in [0.1, 0.15) is 0 Å². The summed E-state index contributed by atoms with van der Waals surface area (Å²) in [4.78, 5) is 11.8. The van der Waals surface area contributed by atoms with Crippen LogP contribution in [0.3, 0.4) is 0 Å². The number of aromatic nitrogens is 4. The minimum absolute atomic E-state index is 0.197. The van der Waals surface area contributed by atoms with Crippen molar-refractivity contribution in [1.29, 1.82) is 5.26 Å². The summed E-state index contributed by atoms with van der Waals surface area (Å²) in [7, 11) is 0.197. The average molecular weight is 172 g/mol. The van der Waals surface area contributed by atoms with E-state index in [9.17, 15) is 0 Å². The molecule has 13 heavy (non-hydrogen) atoms. The Hall–Kier alpha value is -2.10. The maximum Gasteiger partial charge on any atom is 0.367 e. The molecular weight excluding hydrogens is 167 g/mol. The Morgan fingerprint density at radius 2 is 2.31 bits per heavy atom. The summed E-state index contributed by atoms with van der Waals surface area (Å²) in [6.45, 7) is 0. The normalized spacial score (nSPS) is 9.77. The van der Waals surface area contributed by atoms with Gasteiger partial charge in [0.25, 0.3) is 0 Å². The Bertz CT molecular complexity index is 443. The van der Waals surface area contributed by atoms with E-state index in [1.807, 2.05) is 5.97 Å². The van der Waals surface area contributed by atoms with Crippen LogP contribution in [0.15, 0.2) is 12.7 Å². The molecule has 0 aromatic heterocycles. The second kappa shape index (κ2) is 2.75. The molecule has 62 valence electrons. The van der Waals surface area contributed by atoms with E-state index in [1.54, 1.807) is 4.48 Å². The molecule has 0 spiro atoms. The number of nitrogens with zero attached hydrogens (tertiary/aromatic N) is 5. The van der Waals surface area contributed by atoms with Crippen LogP contribution in [-0.4, -0.2) is 26.8 Å². The molecular formula is C6H5BN6. The van der Waals surface area contributed by atoms with Gasteiger partial charge in [0, 0.05) is 5.97 Å². The second-order valence-electron chi connectivity index (χ2n) is 2.46. The first-order valence-corrected chi connectivity index (χ1v) is 3.61. The lowest BCUT2D eigenvalue weighted by Gasteiger charge is -2.06. The number of hydrogen-bond donors (Lipinski definition) is 1. The molecule has 0 bridgehead atoms. The summed E-state index contributed by atoms with van der Waals surface area (Å²) in [6.07, 6.45) is 2.88. The van der Waals surface area contributed by atoms with E-state index < -0.39 is 0 Å². The van der Waals surface area contributed by atoms with Crippen LogP contribution in [-0.2, 0) is 0 Å². The van der Waals surface area contributed by atoms with Gasteiger partial charge >= 0.3 is 7.41 Å². The number of nitrogen functional groups attached to an aromatic ring is 1. The van der Waals surface area contributed by atoms with Crippen molar-refractivity contribution in [3.8, 4) is 17.5 Å². The molecule has 2 aliphatic rings. The summed E-state index contributed by atoms with van der Waals surface area (Å²) < 4.78 is 1.60. The van der Waals surface area contributed by atoms with Crippen molar-refractivity contribution >= 4 is 13.2 Å². The van der Waals surface area contributed by atoms with Crippen molar-refractivity contribution in [3.05, 3.63) is 12.7 Å². The van der Waals surface area contributed by atoms with Gasteiger partial charge in [-0.2, -0.15) is 0 Å². The molecule has 2 aliphatic heterocycles. The van der Waals surface area contributed by atoms with Crippen molar-refractivity contribution in [1.82, 2.24) is 19.4 Å². The van der Waals surface area contributed by atoms with Gasteiger partial charge in [-0.1, -0.05) is 0 Å². The van der Waals surface area contributed by atoms with E-state index >= 15 is 0 Å². The Kier molecular flexibility index (Phi) is 1.60. The molecule has 0 radical (unpaired) electrons. The fourth-order valence-corrected chi connectivity index (χ4v) is 1.09. The van der Waals surface area contributed by atoms with Crippen LogP contribution in [0.5, 0.6) is 0 Å². The van der Waals surface area contributed by atoms with E-state index in [4.69, 9.17) is 11.0 Å². The first kappa shape index (κ1) is 7.55. The topological polar surface area (TPSA) is 93.4 Å². The van der Waals surface area contributed by atoms with Gasteiger partial charge in [-0.15, -0.1) is 0 Å². The number of anilines is 1. The molecule has 0 aromatic carbocycles. The quantitative estimate of drug-likeness (QED) is 0.559. The number of rotatable bonds is 1. The molecule has 0 aromatic rings. The summed E-state index contributed by atoms with van der Waals surface area (Å²) >= 11 is 0. The van der Waals surface area contributed by atoms with Crippen molar-refractivity contribution < 1.29 is 0 Å². The highest BCUT2D eigenvalue weighted by Crippen LogP contribution is 2.19. The van der Waals surface area contributed by atoms with E-state index in [-0.39, 0.29) is 7.41 Å². The lowest BCUT2D eigenvalue weighted by molar-refractivity contribution is 1.06. The van der Waals surface area contributed by atoms with Crippen LogP contribution in [0.25, 0.3) is 11.5 Å². The van der Waals surface area contributed by atoms with Gasteiger partial charge < -0.3 is 10.2 Å². The van der Waals surface area contributed by atoms with E-state index in [2.05, 4.69) is 15.0 Å². The summed E-state index contributed by atoms with van der Waals surface area (Å²) in [5.41, 5.74) is 6.10. The third-order valence-corrected chi connectivity index (χ3v) is 1.67. The minimum atomic E-state index is 0.197. The van der Waals surface area contributed by atoms with Crippen LogP contribution < -0.4 is 5.73 Å². The van der Waals surface area contributed by atoms with Crippen molar-refractivity contribution in [2.75, 3.05) is 5.73 Å². The molecule has 2 N–H and O–H groups in total. The van der Waals surface area contributed by atoms with E-state index in [0.29, 0.717) is 17.3 Å². The summed E-state index contributed by atoms with van der Waals surface area (Å²) in [5.74, 6) is 2.93. The monoisotopic (exact) mass is 172 g/mol. The predicted octanol–water partition coefficient (Wildman–Crippen LogP) is -0.959.